The van der Waals surface area contributed by atoms with Gasteiger partial charge in [0.05, 0.1) is 18.2 Å². The molecule has 1 fully saturated rings. The van der Waals surface area contributed by atoms with Gasteiger partial charge in [0.25, 0.3) is 0 Å². The quantitative estimate of drug-likeness (QED) is 0.445. The van der Waals surface area contributed by atoms with Gasteiger partial charge in [-0.05, 0) is 61.7 Å². The molecule has 0 radical (unpaired) electrons. The average Bonchev–Trinajstić information content (AvgIpc) is 3.31. The van der Waals surface area contributed by atoms with Crippen molar-refractivity contribution < 1.29 is 4.79 Å². The van der Waals surface area contributed by atoms with Gasteiger partial charge in [-0.3, -0.25) is 9.78 Å². The fraction of sp³-hybridized carbons (Fsp3) is 0.357. The molecule has 0 bridgehead atoms. The van der Waals surface area contributed by atoms with Gasteiger partial charge in [-0.15, -0.1) is 0 Å². The van der Waals surface area contributed by atoms with E-state index in [1.807, 2.05) is 34.7 Å². The van der Waals surface area contributed by atoms with E-state index in [-0.39, 0.29) is 18.5 Å². The minimum Gasteiger partial charge on any atom is -0.367 e. The molecule has 0 N–H and O–H groups in total. The van der Waals surface area contributed by atoms with Crippen molar-refractivity contribution in [3.05, 3.63) is 78.0 Å². The molecule has 6 rings (SSSR count). The average molecular weight is 482 g/mol. The first-order valence-electron chi connectivity index (χ1n) is 12.7. The third-order valence-corrected chi connectivity index (χ3v) is 7.48. The normalized spacial score (nSPS) is 17.9. The summed E-state index contributed by atoms with van der Waals surface area (Å²) >= 11 is 0. The summed E-state index contributed by atoms with van der Waals surface area (Å²) in [5.74, 6) is 0.111. The van der Waals surface area contributed by atoms with Gasteiger partial charge in [-0.2, -0.15) is 0 Å². The highest BCUT2D eigenvalue weighted by Crippen LogP contribution is 2.32. The van der Waals surface area contributed by atoms with Crippen LogP contribution in [0.4, 0.5) is 11.4 Å². The number of amides is 1. The molecule has 8 nitrogen and oxygen atoms in total. The first-order valence-corrected chi connectivity index (χ1v) is 12.7. The van der Waals surface area contributed by atoms with Crippen molar-refractivity contribution in [1.82, 2.24) is 24.4 Å². The highest BCUT2D eigenvalue weighted by molar-refractivity contribution is 5.79. The molecule has 1 unspecified atom stereocenters. The van der Waals surface area contributed by atoms with Crippen molar-refractivity contribution in [3.8, 4) is 0 Å². The van der Waals surface area contributed by atoms with Gasteiger partial charge < -0.3 is 19.3 Å². The molecular formula is C28H31N7O. The highest BCUT2D eigenvalue weighted by Gasteiger charge is 2.30. The number of hydrogen-bond donors (Lipinski definition) is 0. The number of hydrogen-bond acceptors (Lipinski definition) is 6. The summed E-state index contributed by atoms with van der Waals surface area (Å²) in [4.78, 5) is 33.4. The van der Waals surface area contributed by atoms with E-state index >= 15 is 0 Å². The lowest BCUT2D eigenvalue weighted by molar-refractivity contribution is -0.134. The molecule has 4 aromatic rings. The minimum absolute atomic E-state index is 0.111. The lowest BCUT2D eigenvalue weighted by atomic mass is 9.96. The predicted octanol–water partition coefficient (Wildman–Crippen LogP) is 3.43. The van der Waals surface area contributed by atoms with Crippen LogP contribution in [0.15, 0.2) is 61.2 Å². The van der Waals surface area contributed by atoms with Gasteiger partial charge in [0.2, 0.25) is 5.91 Å². The minimum atomic E-state index is 0.111. The Bertz CT molecular complexity index is 1400. The molecule has 36 heavy (non-hydrogen) atoms. The van der Waals surface area contributed by atoms with E-state index in [2.05, 4.69) is 62.0 Å². The van der Waals surface area contributed by atoms with Crippen LogP contribution in [0.5, 0.6) is 0 Å². The van der Waals surface area contributed by atoms with Crippen LogP contribution in [0.3, 0.4) is 0 Å². The Morgan fingerprint density at radius 1 is 1.00 bits per heavy atom. The van der Waals surface area contributed by atoms with Crippen molar-refractivity contribution in [1.29, 1.82) is 0 Å². The Kier molecular flexibility index (Phi) is 5.79. The standard InChI is InChI=1S/C28H31N7O/c1-20-8-9-23(15-30-20)32-12-10-22-5-3-7-26(24(22)17-32)33-13-14-35(21(2)16-33)27(36)18-34-19-31-25-6-4-11-29-28(25)34/h3-9,11,15,19,21H,10,12-14,16-18H2,1-2H3. The van der Waals surface area contributed by atoms with Crippen LogP contribution in [0.25, 0.3) is 11.2 Å². The number of aryl methyl sites for hydroxylation is 1. The van der Waals surface area contributed by atoms with Crippen LogP contribution in [-0.2, 0) is 24.3 Å². The predicted molar refractivity (Wildman–Crippen MR) is 141 cm³/mol. The van der Waals surface area contributed by atoms with E-state index in [0.29, 0.717) is 6.54 Å². The molecule has 1 amide bonds. The Hall–Kier alpha value is -3.94. The SMILES string of the molecule is Cc1ccc(N2CCc3cccc(N4CCN(C(=O)Cn5cnc6cccnc65)C(C)C4)c3C2)cn1. The van der Waals surface area contributed by atoms with Crippen molar-refractivity contribution >= 4 is 28.4 Å². The molecule has 8 heteroatoms. The van der Waals surface area contributed by atoms with Gasteiger partial charge in [0.15, 0.2) is 5.65 Å². The maximum absolute atomic E-state index is 13.2. The number of fused-ring (bicyclic) bond motifs is 2. The Morgan fingerprint density at radius 2 is 1.92 bits per heavy atom. The van der Waals surface area contributed by atoms with E-state index in [1.54, 1.807) is 12.5 Å². The number of piperazine rings is 1. The van der Waals surface area contributed by atoms with Gasteiger partial charge in [-0.25, -0.2) is 9.97 Å². The molecule has 0 aliphatic carbocycles. The summed E-state index contributed by atoms with van der Waals surface area (Å²) in [6.07, 6.45) is 6.46. The summed E-state index contributed by atoms with van der Waals surface area (Å²) < 4.78 is 1.85. The summed E-state index contributed by atoms with van der Waals surface area (Å²) in [7, 11) is 0. The molecule has 184 valence electrons. The summed E-state index contributed by atoms with van der Waals surface area (Å²) in [6.45, 7) is 8.65. The molecule has 3 aromatic heterocycles. The van der Waals surface area contributed by atoms with Gasteiger partial charge in [0.1, 0.15) is 12.1 Å². The zero-order chi connectivity index (χ0) is 24.6. The van der Waals surface area contributed by atoms with Gasteiger partial charge in [-0.1, -0.05) is 12.1 Å². The second kappa shape index (κ2) is 9.26. The molecule has 1 saturated heterocycles. The molecule has 2 aliphatic rings. The Balaban J connectivity index is 1.17. The second-order valence-electron chi connectivity index (χ2n) is 9.84. The van der Waals surface area contributed by atoms with E-state index in [9.17, 15) is 4.79 Å². The number of rotatable bonds is 4. The fourth-order valence-electron chi connectivity index (χ4n) is 5.52. The number of carbonyl (C=O) groups excluding carboxylic acids is 1. The molecule has 1 atom stereocenters. The Labute approximate surface area is 211 Å². The zero-order valence-corrected chi connectivity index (χ0v) is 20.8. The molecule has 5 heterocycles. The maximum atomic E-state index is 13.2. The molecule has 0 spiro atoms. The number of anilines is 2. The number of carbonyl (C=O) groups is 1. The molecule has 2 aliphatic heterocycles. The number of benzene rings is 1. The van der Waals surface area contributed by atoms with Crippen molar-refractivity contribution in [2.24, 2.45) is 0 Å². The zero-order valence-electron chi connectivity index (χ0n) is 20.8. The van der Waals surface area contributed by atoms with Crippen LogP contribution in [0.1, 0.15) is 23.7 Å². The van der Waals surface area contributed by atoms with Crippen LogP contribution < -0.4 is 9.80 Å². The first-order chi connectivity index (χ1) is 17.6. The van der Waals surface area contributed by atoms with Crippen molar-refractivity contribution in [3.63, 3.8) is 0 Å². The van der Waals surface area contributed by atoms with E-state index < -0.39 is 0 Å². The van der Waals surface area contributed by atoms with Crippen LogP contribution in [0.2, 0.25) is 0 Å². The van der Waals surface area contributed by atoms with Crippen LogP contribution >= 0.6 is 0 Å². The lowest BCUT2D eigenvalue weighted by Crippen LogP contribution is -2.55. The fourth-order valence-corrected chi connectivity index (χ4v) is 5.52. The monoisotopic (exact) mass is 481 g/mol. The Morgan fingerprint density at radius 3 is 2.75 bits per heavy atom. The highest BCUT2D eigenvalue weighted by atomic mass is 16.2. The third-order valence-electron chi connectivity index (χ3n) is 7.48. The summed E-state index contributed by atoms with van der Waals surface area (Å²) in [5.41, 5.74) is 7.89. The topological polar surface area (TPSA) is 70.4 Å². The lowest BCUT2D eigenvalue weighted by Gasteiger charge is -2.43. The van der Waals surface area contributed by atoms with E-state index in [0.717, 1.165) is 49.5 Å². The third kappa shape index (κ3) is 4.17. The van der Waals surface area contributed by atoms with Crippen LogP contribution in [0, 0.1) is 6.92 Å². The molecule has 0 saturated carbocycles. The summed E-state index contributed by atoms with van der Waals surface area (Å²) in [6, 6.07) is 14.8. The summed E-state index contributed by atoms with van der Waals surface area (Å²) in [5, 5.41) is 0. The van der Waals surface area contributed by atoms with Gasteiger partial charge in [0, 0.05) is 56.3 Å². The number of imidazole rings is 1. The molecular weight excluding hydrogens is 450 g/mol. The van der Waals surface area contributed by atoms with Crippen LogP contribution in [-0.4, -0.2) is 62.5 Å². The number of nitrogens with zero attached hydrogens (tertiary/aromatic N) is 7. The number of pyridine rings is 2. The number of aromatic nitrogens is 4. The van der Waals surface area contributed by atoms with Crippen molar-refractivity contribution in [2.45, 2.75) is 39.4 Å². The first kappa shape index (κ1) is 22.5. The molecule has 1 aromatic carbocycles. The van der Waals surface area contributed by atoms with Gasteiger partial charge >= 0.3 is 0 Å². The second-order valence-corrected chi connectivity index (χ2v) is 9.84. The van der Waals surface area contributed by atoms with Crippen molar-refractivity contribution in [2.75, 3.05) is 36.0 Å². The van der Waals surface area contributed by atoms with E-state index in [1.165, 1.54) is 22.5 Å². The maximum Gasteiger partial charge on any atom is 0.242 e. The largest absolute Gasteiger partial charge is 0.367 e. The van der Waals surface area contributed by atoms with E-state index in [4.69, 9.17) is 0 Å². The smallest absolute Gasteiger partial charge is 0.242 e.